The van der Waals surface area contributed by atoms with Crippen molar-refractivity contribution < 1.29 is 23.1 Å². The number of rotatable bonds is 6. The molecule has 8 heteroatoms. The number of carbonyl (C=O) groups is 1. The van der Waals surface area contributed by atoms with Crippen molar-refractivity contribution in [2.24, 2.45) is 0 Å². The summed E-state index contributed by atoms with van der Waals surface area (Å²) in [5.41, 5.74) is 1.03. The third-order valence-electron chi connectivity index (χ3n) is 3.81. The minimum absolute atomic E-state index is 0.238. The first-order valence-corrected chi connectivity index (χ1v) is 7.98. The van der Waals surface area contributed by atoms with Gasteiger partial charge in [-0.1, -0.05) is 0 Å². The van der Waals surface area contributed by atoms with E-state index in [-0.39, 0.29) is 12.3 Å². The number of benzene rings is 2. The molecule has 1 N–H and O–H groups in total. The first kappa shape index (κ1) is 18.2. The predicted molar refractivity (Wildman–Crippen MR) is 96.5 cm³/mol. The molecule has 7 nitrogen and oxygen atoms in total. The molecular weight excluding hydrogens is 355 g/mol. The zero-order chi connectivity index (χ0) is 19.4. The summed E-state index contributed by atoms with van der Waals surface area (Å²) in [5.74, 6) is -0.249. The van der Waals surface area contributed by atoms with E-state index in [1.54, 1.807) is 18.2 Å². The number of halogens is 1. The number of carbonyl (C=O) groups excluding carboxylic acids is 1. The van der Waals surface area contributed by atoms with Gasteiger partial charge in [0.2, 0.25) is 5.91 Å². The third-order valence-corrected chi connectivity index (χ3v) is 3.81. The maximum atomic E-state index is 13.0. The lowest BCUT2D eigenvalue weighted by molar-refractivity contribution is -0.116. The molecule has 0 radical (unpaired) electrons. The van der Waals surface area contributed by atoms with Gasteiger partial charge in [0.05, 0.1) is 20.4 Å². The predicted octanol–water partition coefficient (Wildman–Crippen LogP) is 2.90. The zero-order valence-electron chi connectivity index (χ0n) is 14.7. The summed E-state index contributed by atoms with van der Waals surface area (Å²) in [6.07, 6.45) is 1.41. The van der Waals surface area contributed by atoms with Crippen LogP contribution in [0.5, 0.6) is 11.5 Å². The molecule has 0 saturated heterocycles. The van der Waals surface area contributed by atoms with E-state index in [0.29, 0.717) is 22.7 Å². The van der Waals surface area contributed by atoms with Crippen LogP contribution >= 0.6 is 0 Å². The van der Waals surface area contributed by atoms with Gasteiger partial charge in [-0.2, -0.15) is 0 Å². The minimum Gasteiger partial charge on any atom is -0.493 e. The Kier molecular flexibility index (Phi) is 5.25. The number of amides is 1. The highest BCUT2D eigenvalue weighted by Crippen LogP contribution is 2.29. The van der Waals surface area contributed by atoms with Crippen LogP contribution in [-0.4, -0.2) is 24.7 Å². The van der Waals surface area contributed by atoms with Crippen molar-refractivity contribution in [2.75, 3.05) is 19.5 Å². The molecule has 3 aromatic rings. The topological polar surface area (TPSA) is 82.7 Å². The second-order valence-electron chi connectivity index (χ2n) is 5.61. The first-order valence-electron chi connectivity index (χ1n) is 7.98. The normalized spacial score (nSPS) is 10.5. The monoisotopic (exact) mass is 372 g/mol. The van der Waals surface area contributed by atoms with E-state index in [1.807, 2.05) is 0 Å². The number of hydrogen-bond donors (Lipinski definition) is 1. The van der Waals surface area contributed by atoms with Gasteiger partial charge in [-0.15, -0.1) is 0 Å². The van der Waals surface area contributed by atoms with E-state index in [0.717, 1.165) is 4.57 Å². The molecule has 2 aromatic carbocycles. The zero-order valence-corrected chi connectivity index (χ0v) is 14.7. The maximum absolute atomic E-state index is 13.0. The van der Waals surface area contributed by atoms with Crippen LogP contribution in [0.3, 0.4) is 0 Å². The largest absolute Gasteiger partial charge is 0.493 e. The highest BCUT2D eigenvalue weighted by molar-refractivity contribution is 5.91. The van der Waals surface area contributed by atoms with E-state index in [9.17, 15) is 14.0 Å². The summed E-state index contributed by atoms with van der Waals surface area (Å²) in [6, 6.07) is 10.4. The fraction of sp³-hybridized carbons (Fsp3) is 0.158. The van der Waals surface area contributed by atoms with Gasteiger partial charge in [-0.25, -0.2) is 9.18 Å². The molecule has 0 unspecified atom stereocenters. The summed E-state index contributed by atoms with van der Waals surface area (Å²) < 4.78 is 29.6. The number of anilines is 1. The molecule has 1 amide bonds. The Bertz CT molecular complexity index is 1010. The molecular formula is C19H17FN2O5. The van der Waals surface area contributed by atoms with Crippen LogP contribution in [-0.2, 0) is 11.3 Å². The van der Waals surface area contributed by atoms with Crippen molar-refractivity contribution in [3.05, 3.63) is 65.0 Å². The second kappa shape index (κ2) is 7.77. The summed E-state index contributed by atoms with van der Waals surface area (Å²) in [4.78, 5) is 24.2. The van der Waals surface area contributed by atoms with Crippen LogP contribution in [0.2, 0.25) is 0 Å². The van der Waals surface area contributed by atoms with Gasteiger partial charge in [-0.3, -0.25) is 9.36 Å². The fourth-order valence-corrected chi connectivity index (χ4v) is 2.50. The number of oxazole rings is 1. The lowest BCUT2D eigenvalue weighted by Crippen LogP contribution is -2.24. The van der Waals surface area contributed by atoms with Crippen LogP contribution in [0.15, 0.2) is 57.9 Å². The van der Waals surface area contributed by atoms with E-state index < -0.39 is 17.5 Å². The number of nitrogens with zero attached hydrogens (tertiary/aromatic N) is 1. The van der Waals surface area contributed by atoms with Crippen LogP contribution in [0.4, 0.5) is 10.1 Å². The number of aromatic nitrogens is 1. The van der Waals surface area contributed by atoms with E-state index in [1.165, 1.54) is 44.7 Å². The highest BCUT2D eigenvalue weighted by Gasteiger charge is 2.13. The van der Waals surface area contributed by atoms with Gasteiger partial charge in [-0.05, 0) is 36.4 Å². The van der Waals surface area contributed by atoms with Crippen molar-refractivity contribution >= 4 is 11.6 Å². The molecule has 0 aliphatic rings. The molecule has 0 bridgehead atoms. The number of ether oxygens (including phenoxy) is 2. The smallest absolute Gasteiger partial charge is 0.419 e. The lowest BCUT2D eigenvalue weighted by atomic mass is 10.2. The molecule has 1 heterocycles. The van der Waals surface area contributed by atoms with Crippen LogP contribution in [0.1, 0.15) is 0 Å². The average Bonchev–Trinajstić information content (AvgIpc) is 3.02. The van der Waals surface area contributed by atoms with Gasteiger partial charge in [0.1, 0.15) is 12.4 Å². The standard InChI is InChI=1S/C19H17FN2O5/c1-25-15-8-7-14(9-16(15)26-2)21-18(23)11-22-10-17(27-19(22)24)12-3-5-13(20)6-4-12/h3-10H,11H2,1-2H3,(H,21,23). The Hall–Kier alpha value is -3.55. The Labute approximate surface area is 153 Å². The summed E-state index contributed by atoms with van der Waals surface area (Å²) in [5, 5.41) is 2.67. The Morgan fingerprint density at radius 1 is 1.11 bits per heavy atom. The van der Waals surface area contributed by atoms with E-state index in [2.05, 4.69) is 5.32 Å². The third kappa shape index (κ3) is 4.17. The molecule has 0 atom stereocenters. The quantitative estimate of drug-likeness (QED) is 0.719. The van der Waals surface area contributed by atoms with Crippen LogP contribution < -0.4 is 20.5 Å². The van der Waals surface area contributed by atoms with Gasteiger partial charge in [0.25, 0.3) is 0 Å². The van der Waals surface area contributed by atoms with Gasteiger partial charge >= 0.3 is 5.76 Å². The molecule has 0 aliphatic carbocycles. The fourth-order valence-electron chi connectivity index (χ4n) is 2.50. The van der Waals surface area contributed by atoms with Crippen molar-refractivity contribution in [2.45, 2.75) is 6.54 Å². The maximum Gasteiger partial charge on any atom is 0.419 e. The number of nitrogens with one attached hydrogen (secondary N) is 1. The average molecular weight is 372 g/mol. The summed E-state index contributed by atoms with van der Waals surface area (Å²) in [6.45, 7) is -0.238. The van der Waals surface area contributed by atoms with Gasteiger partial charge < -0.3 is 19.2 Å². The summed E-state index contributed by atoms with van der Waals surface area (Å²) >= 11 is 0. The summed E-state index contributed by atoms with van der Waals surface area (Å²) in [7, 11) is 3.01. The molecule has 0 saturated carbocycles. The van der Waals surface area contributed by atoms with Crippen molar-refractivity contribution in [1.29, 1.82) is 0 Å². The van der Waals surface area contributed by atoms with Gasteiger partial charge in [0.15, 0.2) is 17.3 Å². The van der Waals surface area contributed by atoms with E-state index >= 15 is 0 Å². The Morgan fingerprint density at radius 2 is 1.81 bits per heavy atom. The first-order chi connectivity index (χ1) is 13.0. The van der Waals surface area contributed by atoms with Gasteiger partial charge in [0, 0.05) is 17.3 Å². The molecule has 0 aliphatic heterocycles. The van der Waals surface area contributed by atoms with Crippen LogP contribution in [0, 0.1) is 5.82 Å². The number of hydrogen-bond acceptors (Lipinski definition) is 5. The molecule has 0 fully saturated rings. The molecule has 27 heavy (non-hydrogen) atoms. The highest BCUT2D eigenvalue weighted by atomic mass is 19.1. The molecule has 140 valence electrons. The molecule has 3 rings (SSSR count). The van der Waals surface area contributed by atoms with Crippen molar-refractivity contribution in [3.63, 3.8) is 0 Å². The lowest BCUT2D eigenvalue weighted by Gasteiger charge is -2.10. The molecule has 0 spiro atoms. The Balaban J connectivity index is 1.73. The second-order valence-corrected chi connectivity index (χ2v) is 5.61. The molecule has 1 aromatic heterocycles. The Morgan fingerprint density at radius 3 is 2.48 bits per heavy atom. The van der Waals surface area contributed by atoms with E-state index in [4.69, 9.17) is 13.9 Å². The SMILES string of the molecule is COc1ccc(NC(=O)Cn2cc(-c3ccc(F)cc3)oc2=O)cc1OC. The number of methoxy groups -OCH3 is 2. The minimum atomic E-state index is -0.684. The van der Waals surface area contributed by atoms with Crippen molar-refractivity contribution in [1.82, 2.24) is 4.57 Å². The van der Waals surface area contributed by atoms with Crippen molar-refractivity contribution in [3.8, 4) is 22.8 Å². The van der Waals surface area contributed by atoms with Crippen LogP contribution in [0.25, 0.3) is 11.3 Å².